The van der Waals surface area contributed by atoms with Crippen molar-refractivity contribution in [3.63, 3.8) is 0 Å². The van der Waals surface area contributed by atoms with E-state index in [4.69, 9.17) is 9.47 Å². The first-order valence-corrected chi connectivity index (χ1v) is 10.4. The summed E-state index contributed by atoms with van der Waals surface area (Å²) in [7, 11) is 3.39. The Kier molecular flexibility index (Phi) is 6.61. The molecule has 0 atom stereocenters. The number of para-hydroxylation sites is 2. The van der Waals surface area contributed by atoms with E-state index >= 15 is 0 Å². The summed E-state index contributed by atoms with van der Waals surface area (Å²) < 4.78 is 12.7. The van der Waals surface area contributed by atoms with Crippen LogP contribution in [0.5, 0.6) is 11.5 Å². The Balaban J connectivity index is 1.57. The number of hydrogen-bond acceptors (Lipinski definition) is 7. The average molecular weight is 391 g/mol. The lowest BCUT2D eigenvalue weighted by Gasteiger charge is -2.06. The number of rotatable bonds is 8. The molecule has 0 spiro atoms. The molecule has 1 heterocycles. The molecule has 1 aromatic heterocycles. The summed E-state index contributed by atoms with van der Waals surface area (Å²) in [6, 6.07) is 16.1. The van der Waals surface area contributed by atoms with Gasteiger partial charge in [-0.3, -0.25) is 0 Å². The second-order valence-electron chi connectivity index (χ2n) is 5.03. The predicted molar refractivity (Wildman–Crippen MR) is 105 cm³/mol. The Bertz CT molecular complexity index is 757. The topological polar surface area (TPSA) is 44.2 Å². The molecule has 0 aliphatic rings. The molecule has 4 nitrogen and oxygen atoms in total. The number of benzene rings is 2. The average Bonchev–Trinajstić information content (AvgIpc) is 3.13. The normalized spacial score (nSPS) is 10.6. The standard InChI is InChI=1S/C18H18N2O2S3/c1-21-15-9-5-3-7-13(15)11-23-17-19-20-18(25-17)24-12-14-8-4-6-10-16(14)22-2/h3-10H,11-12H2,1-2H3. The maximum absolute atomic E-state index is 5.39. The smallest absolute Gasteiger partial charge is 0.175 e. The van der Waals surface area contributed by atoms with Gasteiger partial charge in [0.15, 0.2) is 8.68 Å². The third kappa shape index (κ3) is 4.90. The predicted octanol–water partition coefficient (Wildman–Crippen LogP) is 5.14. The van der Waals surface area contributed by atoms with Gasteiger partial charge in [-0.25, -0.2) is 0 Å². The highest BCUT2D eigenvalue weighted by Gasteiger charge is 2.09. The highest BCUT2D eigenvalue weighted by Crippen LogP contribution is 2.34. The van der Waals surface area contributed by atoms with Gasteiger partial charge in [0.25, 0.3) is 0 Å². The summed E-state index contributed by atoms with van der Waals surface area (Å²) in [6.45, 7) is 0. The fraction of sp³-hybridized carbons (Fsp3) is 0.222. The molecule has 0 saturated carbocycles. The van der Waals surface area contributed by atoms with Crippen LogP contribution < -0.4 is 9.47 Å². The quantitative estimate of drug-likeness (QED) is 0.496. The van der Waals surface area contributed by atoms with Gasteiger partial charge in [0.05, 0.1) is 14.2 Å². The van der Waals surface area contributed by atoms with Crippen molar-refractivity contribution in [2.24, 2.45) is 0 Å². The number of aromatic nitrogens is 2. The van der Waals surface area contributed by atoms with Crippen LogP contribution >= 0.6 is 34.9 Å². The molecule has 0 amide bonds. The van der Waals surface area contributed by atoms with E-state index in [1.165, 1.54) is 0 Å². The van der Waals surface area contributed by atoms with Crippen LogP contribution in [0.1, 0.15) is 11.1 Å². The molecule has 3 aromatic rings. The zero-order valence-corrected chi connectivity index (χ0v) is 16.4. The van der Waals surface area contributed by atoms with Crippen molar-refractivity contribution in [1.29, 1.82) is 0 Å². The van der Waals surface area contributed by atoms with Gasteiger partial charge in [0, 0.05) is 22.6 Å². The molecular weight excluding hydrogens is 372 g/mol. The van der Waals surface area contributed by atoms with Gasteiger partial charge in [-0.2, -0.15) is 0 Å². The van der Waals surface area contributed by atoms with Crippen LogP contribution in [0.2, 0.25) is 0 Å². The molecule has 0 aliphatic carbocycles. The lowest BCUT2D eigenvalue weighted by atomic mass is 10.2. The van der Waals surface area contributed by atoms with E-state index in [-0.39, 0.29) is 0 Å². The zero-order valence-electron chi connectivity index (χ0n) is 14.0. The van der Waals surface area contributed by atoms with Gasteiger partial charge < -0.3 is 9.47 Å². The molecule has 0 aliphatic heterocycles. The molecule has 7 heteroatoms. The maximum Gasteiger partial charge on any atom is 0.175 e. The summed E-state index contributed by atoms with van der Waals surface area (Å²) in [5.41, 5.74) is 2.32. The number of nitrogens with zero attached hydrogens (tertiary/aromatic N) is 2. The lowest BCUT2D eigenvalue weighted by molar-refractivity contribution is 0.411. The fourth-order valence-electron chi connectivity index (χ4n) is 2.24. The van der Waals surface area contributed by atoms with Crippen molar-refractivity contribution < 1.29 is 9.47 Å². The van der Waals surface area contributed by atoms with Crippen molar-refractivity contribution in [2.75, 3.05) is 14.2 Å². The van der Waals surface area contributed by atoms with E-state index in [0.717, 1.165) is 42.8 Å². The van der Waals surface area contributed by atoms with E-state index in [0.29, 0.717) is 0 Å². The molecule has 0 saturated heterocycles. The van der Waals surface area contributed by atoms with E-state index in [1.807, 2.05) is 36.4 Å². The zero-order chi connectivity index (χ0) is 17.5. The summed E-state index contributed by atoms with van der Waals surface area (Å²) in [5.74, 6) is 3.45. The maximum atomic E-state index is 5.39. The van der Waals surface area contributed by atoms with Gasteiger partial charge in [-0.15, -0.1) is 10.2 Å². The third-order valence-corrected chi connectivity index (χ3v) is 6.76. The first-order chi connectivity index (χ1) is 12.3. The van der Waals surface area contributed by atoms with Gasteiger partial charge in [-0.05, 0) is 12.1 Å². The SMILES string of the molecule is COc1ccccc1CSc1nnc(SCc2ccccc2OC)s1. The Labute approximate surface area is 160 Å². The minimum absolute atomic E-state index is 0.815. The van der Waals surface area contributed by atoms with E-state index in [2.05, 4.69) is 22.3 Å². The first kappa shape index (κ1) is 18.1. The molecular formula is C18H18N2O2S3. The molecule has 0 radical (unpaired) electrons. The minimum atomic E-state index is 0.815. The highest BCUT2D eigenvalue weighted by molar-refractivity contribution is 8.02. The van der Waals surface area contributed by atoms with Crippen LogP contribution in [0.4, 0.5) is 0 Å². The highest BCUT2D eigenvalue weighted by atomic mass is 32.2. The van der Waals surface area contributed by atoms with Crippen LogP contribution in [-0.2, 0) is 11.5 Å². The largest absolute Gasteiger partial charge is 0.496 e. The molecule has 0 unspecified atom stereocenters. The van der Waals surface area contributed by atoms with Crippen LogP contribution in [-0.4, -0.2) is 24.4 Å². The number of methoxy groups -OCH3 is 2. The summed E-state index contributed by atoms with van der Waals surface area (Å²) in [5, 5.41) is 8.56. The lowest BCUT2D eigenvalue weighted by Crippen LogP contribution is -1.89. The Hall–Kier alpha value is -1.70. The van der Waals surface area contributed by atoms with Crippen LogP contribution in [0.15, 0.2) is 57.2 Å². The molecule has 0 N–H and O–H groups in total. The van der Waals surface area contributed by atoms with E-state index < -0.39 is 0 Å². The van der Waals surface area contributed by atoms with Gasteiger partial charge >= 0.3 is 0 Å². The first-order valence-electron chi connectivity index (χ1n) is 7.63. The number of hydrogen-bond donors (Lipinski definition) is 0. The molecule has 0 bridgehead atoms. The minimum Gasteiger partial charge on any atom is -0.496 e. The monoisotopic (exact) mass is 390 g/mol. The van der Waals surface area contributed by atoms with Crippen molar-refractivity contribution >= 4 is 34.9 Å². The summed E-state index contributed by atoms with van der Waals surface area (Å²) in [6.07, 6.45) is 0. The second-order valence-corrected chi connectivity index (χ2v) is 8.46. The third-order valence-electron chi connectivity index (χ3n) is 3.48. The molecule has 130 valence electrons. The van der Waals surface area contributed by atoms with Gasteiger partial charge in [-0.1, -0.05) is 71.3 Å². The van der Waals surface area contributed by atoms with E-state index in [1.54, 1.807) is 49.1 Å². The van der Waals surface area contributed by atoms with Crippen LogP contribution in [0.25, 0.3) is 0 Å². The number of thioether (sulfide) groups is 2. The Morgan fingerprint density at radius 3 is 1.64 bits per heavy atom. The molecule has 0 fully saturated rings. The second kappa shape index (κ2) is 9.12. The van der Waals surface area contributed by atoms with E-state index in [9.17, 15) is 0 Å². The summed E-state index contributed by atoms with van der Waals surface area (Å²) >= 11 is 4.98. The van der Waals surface area contributed by atoms with Gasteiger partial charge in [0.2, 0.25) is 0 Å². The number of ether oxygens (including phenoxy) is 2. The van der Waals surface area contributed by atoms with Gasteiger partial charge in [0.1, 0.15) is 11.5 Å². The fourth-order valence-corrected chi connectivity index (χ4v) is 5.24. The van der Waals surface area contributed by atoms with Crippen molar-refractivity contribution in [3.8, 4) is 11.5 Å². The molecule has 2 aromatic carbocycles. The summed E-state index contributed by atoms with van der Waals surface area (Å²) in [4.78, 5) is 0. The molecule has 25 heavy (non-hydrogen) atoms. The van der Waals surface area contributed by atoms with Crippen molar-refractivity contribution in [2.45, 2.75) is 20.2 Å². The van der Waals surface area contributed by atoms with Crippen molar-refractivity contribution in [1.82, 2.24) is 10.2 Å². The Morgan fingerprint density at radius 2 is 1.20 bits per heavy atom. The van der Waals surface area contributed by atoms with Crippen molar-refractivity contribution in [3.05, 3.63) is 59.7 Å². The van der Waals surface area contributed by atoms with Crippen LogP contribution in [0.3, 0.4) is 0 Å². The van der Waals surface area contributed by atoms with Crippen LogP contribution in [0, 0.1) is 0 Å². The molecule has 3 rings (SSSR count). The Morgan fingerprint density at radius 1 is 0.760 bits per heavy atom.